The molecule has 0 aromatic carbocycles. The molecular formula is C15H22N2O4S. The molecule has 6 nitrogen and oxygen atoms in total. The third-order valence-electron chi connectivity index (χ3n) is 4.17. The minimum atomic E-state index is -0.909. The molecular weight excluding hydrogens is 304 g/mol. The van der Waals surface area contributed by atoms with Crippen LogP contribution in [0.25, 0.3) is 0 Å². The van der Waals surface area contributed by atoms with Crippen LogP contribution in [-0.2, 0) is 9.53 Å². The number of thiazole rings is 1. The van der Waals surface area contributed by atoms with Crippen molar-refractivity contribution in [2.45, 2.75) is 57.6 Å². The maximum Gasteiger partial charge on any atom is 0.305 e. The van der Waals surface area contributed by atoms with Crippen LogP contribution in [0.5, 0.6) is 0 Å². The van der Waals surface area contributed by atoms with Gasteiger partial charge in [0.15, 0.2) is 0 Å². The van der Waals surface area contributed by atoms with E-state index in [1.54, 1.807) is 6.20 Å². The van der Waals surface area contributed by atoms with Gasteiger partial charge in [0.2, 0.25) is 0 Å². The van der Waals surface area contributed by atoms with E-state index in [2.05, 4.69) is 10.3 Å². The summed E-state index contributed by atoms with van der Waals surface area (Å²) in [7, 11) is 0. The molecule has 0 radical (unpaired) electrons. The van der Waals surface area contributed by atoms with Crippen molar-refractivity contribution < 1.29 is 19.4 Å². The second-order valence-corrected chi connectivity index (χ2v) is 6.64. The van der Waals surface area contributed by atoms with E-state index in [0.29, 0.717) is 17.7 Å². The highest BCUT2D eigenvalue weighted by atomic mass is 32.1. The van der Waals surface area contributed by atoms with Crippen LogP contribution in [0.1, 0.15) is 66.7 Å². The topological polar surface area (TPSA) is 88.5 Å². The van der Waals surface area contributed by atoms with Gasteiger partial charge in [0, 0.05) is 6.61 Å². The van der Waals surface area contributed by atoms with Gasteiger partial charge in [-0.15, -0.1) is 11.3 Å². The summed E-state index contributed by atoms with van der Waals surface area (Å²) in [6.07, 6.45) is 4.54. The number of ether oxygens (including phenoxy) is 1. The fourth-order valence-electron chi connectivity index (χ4n) is 2.63. The molecule has 0 aliphatic carbocycles. The zero-order valence-electron chi connectivity index (χ0n) is 12.9. The summed E-state index contributed by atoms with van der Waals surface area (Å²) >= 11 is 1.32. The average Bonchev–Trinajstić information content (AvgIpc) is 3.16. The van der Waals surface area contributed by atoms with Gasteiger partial charge in [0.25, 0.3) is 5.91 Å². The van der Waals surface area contributed by atoms with Crippen LogP contribution in [0.15, 0.2) is 6.20 Å². The number of carboxylic acid groups (broad SMARTS) is 1. The van der Waals surface area contributed by atoms with Gasteiger partial charge in [-0.1, -0.05) is 13.8 Å². The molecule has 7 heteroatoms. The lowest BCUT2D eigenvalue weighted by Crippen LogP contribution is -2.48. The molecule has 0 saturated carbocycles. The molecule has 1 aromatic rings. The molecule has 2 N–H and O–H groups in total. The summed E-state index contributed by atoms with van der Waals surface area (Å²) in [5.41, 5.74) is -0.711. The first-order valence-electron chi connectivity index (χ1n) is 7.61. The van der Waals surface area contributed by atoms with E-state index in [4.69, 9.17) is 9.84 Å². The predicted octanol–water partition coefficient (Wildman–Crippen LogP) is 2.76. The quantitative estimate of drug-likeness (QED) is 0.804. The van der Waals surface area contributed by atoms with Crippen LogP contribution < -0.4 is 5.32 Å². The lowest BCUT2D eigenvalue weighted by molar-refractivity contribution is -0.138. The van der Waals surface area contributed by atoms with Crippen molar-refractivity contribution in [1.29, 1.82) is 0 Å². The number of carbonyl (C=O) groups is 2. The van der Waals surface area contributed by atoms with Crippen molar-refractivity contribution in [3.63, 3.8) is 0 Å². The summed E-state index contributed by atoms with van der Waals surface area (Å²) in [5, 5.41) is 12.8. The molecule has 1 aromatic heterocycles. The van der Waals surface area contributed by atoms with Crippen LogP contribution in [0, 0.1) is 0 Å². The van der Waals surface area contributed by atoms with Gasteiger partial charge in [-0.05, 0) is 25.7 Å². The zero-order chi connectivity index (χ0) is 16.2. The molecule has 1 aliphatic rings. The van der Waals surface area contributed by atoms with Crippen molar-refractivity contribution >= 4 is 23.2 Å². The van der Waals surface area contributed by atoms with Gasteiger partial charge >= 0.3 is 5.97 Å². The smallest absolute Gasteiger partial charge is 0.305 e. The van der Waals surface area contributed by atoms with E-state index >= 15 is 0 Å². The monoisotopic (exact) mass is 326 g/mol. The highest BCUT2D eigenvalue weighted by molar-refractivity contribution is 7.13. The Morgan fingerprint density at radius 2 is 2.23 bits per heavy atom. The van der Waals surface area contributed by atoms with E-state index in [1.807, 2.05) is 13.8 Å². The molecule has 0 spiro atoms. The number of carbonyl (C=O) groups excluding carboxylic acids is 1. The second kappa shape index (κ2) is 7.19. The number of carboxylic acids is 1. The Labute approximate surface area is 133 Å². The van der Waals surface area contributed by atoms with Gasteiger partial charge in [-0.2, -0.15) is 0 Å². The molecule has 1 atom stereocenters. The van der Waals surface area contributed by atoms with Crippen LogP contribution >= 0.6 is 11.3 Å². The van der Waals surface area contributed by atoms with Gasteiger partial charge in [0.05, 0.1) is 18.2 Å². The number of amides is 1. The van der Waals surface area contributed by atoms with Crippen molar-refractivity contribution in [2.75, 3.05) is 6.61 Å². The first-order valence-corrected chi connectivity index (χ1v) is 8.43. The largest absolute Gasteiger partial charge is 0.481 e. The number of rotatable bonds is 7. The van der Waals surface area contributed by atoms with E-state index in [1.165, 1.54) is 11.3 Å². The molecule has 1 saturated heterocycles. The van der Waals surface area contributed by atoms with Gasteiger partial charge in [-0.3, -0.25) is 9.59 Å². The molecule has 0 bridgehead atoms. The van der Waals surface area contributed by atoms with Crippen LogP contribution in [-0.4, -0.2) is 34.1 Å². The SMILES string of the molecule is CCC(CC)(CC(=O)O)NC(=O)c1cnc(C2CCCO2)s1. The summed E-state index contributed by atoms with van der Waals surface area (Å²) in [5.74, 6) is -1.17. The van der Waals surface area contributed by atoms with Gasteiger partial charge < -0.3 is 15.2 Å². The highest BCUT2D eigenvalue weighted by Crippen LogP contribution is 2.31. The normalized spacial score (nSPS) is 18.4. The maximum absolute atomic E-state index is 12.4. The number of nitrogens with zero attached hydrogens (tertiary/aromatic N) is 1. The number of hydrogen-bond acceptors (Lipinski definition) is 5. The fourth-order valence-corrected chi connectivity index (χ4v) is 3.52. The zero-order valence-corrected chi connectivity index (χ0v) is 13.7. The summed E-state index contributed by atoms with van der Waals surface area (Å²) < 4.78 is 5.57. The van der Waals surface area contributed by atoms with Crippen molar-refractivity contribution in [1.82, 2.24) is 10.3 Å². The first kappa shape index (κ1) is 16.9. The Balaban J connectivity index is 2.08. The van der Waals surface area contributed by atoms with Crippen molar-refractivity contribution in [3.05, 3.63) is 16.1 Å². The van der Waals surface area contributed by atoms with Gasteiger partial charge in [-0.25, -0.2) is 4.98 Å². The highest BCUT2D eigenvalue weighted by Gasteiger charge is 2.32. The summed E-state index contributed by atoms with van der Waals surface area (Å²) in [4.78, 5) is 28.2. The summed E-state index contributed by atoms with van der Waals surface area (Å²) in [6.45, 7) is 4.51. The second-order valence-electron chi connectivity index (χ2n) is 5.58. The minimum absolute atomic E-state index is 0.00678. The average molecular weight is 326 g/mol. The van der Waals surface area contributed by atoms with Crippen LogP contribution in [0.4, 0.5) is 0 Å². The molecule has 2 rings (SSSR count). The molecule has 122 valence electrons. The van der Waals surface area contributed by atoms with Crippen molar-refractivity contribution in [2.24, 2.45) is 0 Å². The lowest BCUT2D eigenvalue weighted by Gasteiger charge is -2.31. The Hall–Kier alpha value is -1.47. The number of aliphatic carboxylic acids is 1. The minimum Gasteiger partial charge on any atom is -0.481 e. The molecule has 1 unspecified atom stereocenters. The molecule has 1 aliphatic heterocycles. The first-order chi connectivity index (χ1) is 10.5. The van der Waals surface area contributed by atoms with Crippen LogP contribution in [0.2, 0.25) is 0 Å². The number of nitrogens with one attached hydrogen (secondary N) is 1. The predicted molar refractivity (Wildman–Crippen MR) is 83.1 cm³/mol. The molecule has 22 heavy (non-hydrogen) atoms. The molecule has 2 heterocycles. The Bertz CT molecular complexity index is 533. The fraction of sp³-hybridized carbons (Fsp3) is 0.667. The Morgan fingerprint density at radius 3 is 2.77 bits per heavy atom. The number of hydrogen-bond donors (Lipinski definition) is 2. The molecule has 1 fully saturated rings. The standard InChI is InChI=1S/C15H22N2O4S/c1-3-15(4-2,8-12(18)19)17-13(20)11-9-16-14(22-11)10-6-5-7-21-10/h9-10H,3-8H2,1-2H3,(H,17,20)(H,18,19). The number of aromatic nitrogens is 1. The van der Waals surface area contributed by atoms with E-state index in [9.17, 15) is 9.59 Å². The lowest BCUT2D eigenvalue weighted by atomic mass is 9.89. The van der Waals surface area contributed by atoms with E-state index < -0.39 is 11.5 Å². The third-order valence-corrected chi connectivity index (χ3v) is 5.26. The van der Waals surface area contributed by atoms with Crippen LogP contribution in [0.3, 0.4) is 0 Å². The Kier molecular flexibility index (Phi) is 5.52. The summed E-state index contributed by atoms with van der Waals surface area (Å²) in [6, 6.07) is 0. The Morgan fingerprint density at radius 1 is 1.50 bits per heavy atom. The van der Waals surface area contributed by atoms with E-state index in [-0.39, 0.29) is 18.4 Å². The third kappa shape index (κ3) is 3.84. The van der Waals surface area contributed by atoms with Gasteiger partial charge in [0.1, 0.15) is 16.0 Å². The van der Waals surface area contributed by atoms with E-state index in [0.717, 1.165) is 24.5 Å². The maximum atomic E-state index is 12.4. The molecule has 1 amide bonds. The van der Waals surface area contributed by atoms with Crippen molar-refractivity contribution in [3.8, 4) is 0 Å².